The minimum absolute atomic E-state index is 0.0347. The first kappa shape index (κ1) is 10.4. The molecule has 0 bridgehead atoms. The van der Waals surface area contributed by atoms with Gasteiger partial charge in [-0.05, 0) is 26.0 Å². The Hall–Kier alpha value is -1.71. The van der Waals surface area contributed by atoms with Gasteiger partial charge in [0.1, 0.15) is 11.5 Å². The van der Waals surface area contributed by atoms with Crippen LogP contribution >= 0.6 is 0 Å². The van der Waals surface area contributed by atoms with Crippen LogP contribution in [0.2, 0.25) is 0 Å². The number of hydrogen-bond acceptors (Lipinski definition) is 3. The molecule has 0 radical (unpaired) electrons. The predicted molar refractivity (Wildman–Crippen MR) is 50.4 cm³/mol. The summed E-state index contributed by atoms with van der Waals surface area (Å²) in [6.45, 7) is 2.84. The van der Waals surface area contributed by atoms with E-state index in [2.05, 4.69) is 0 Å². The lowest BCUT2D eigenvalue weighted by Crippen LogP contribution is -2.28. The summed E-state index contributed by atoms with van der Waals surface area (Å²) in [5.41, 5.74) is -1.28. The summed E-state index contributed by atoms with van der Waals surface area (Å²) in [6.07, 6.45) is 0. The summed E-state index contributed by atoms with van der Waals surface area (Å²) in [7, 11) is 0. The summed E-state index contributed by atoms with van der Waals surface area (Å²) >= 11 is 0. The Kier molecular flexibility index (Phi) is 2.38. The summed E-state index contributed by atoms with van der Waals surface area (Å²) in [5, 5.41) is 27.8. The van der Waals surface area contributed by atoms with Crippen LogP contribution < -0.4 is 0 Å². The number of rotatable bonds is 2. The summed E-state index contributed by atoms with van der Waals surface area (Å²) < 4.78 is 0. The van der Waals surface area contributed by atoms with E-state index in [1.807, 2.05) is 0 Å². The quantitative estimate of drug-likeness (QED) is 0.669. The van der Waals surface area contributed by atoms with Gasteiger partial charge < -0.3 is 15.3 Å². The van der Waals surface area contributed by atoms with E-state index < -0.39 is 11.4 Å². The molecule has 0 amide bonds. The monoisotopic (exact) mass is 196 g/mol. The van der Waals surface area contributed by atoms with Crippen molar-refractivity contribution in [2.24, 2.45) is 0 Å². The molecule has 0 aliphatic carbocycles. The molecule has 0 aliphatic rings. The molecule has 4 heteroatoms. The van der Waals surface area contributed by atoms with Crippen LogP contribution in [0.1, 0.15) is 19.4 Å². The number of phenolic OH excluding ortho intramolecular Hbond substituents is 2. The molecule has 0 spiro atoms. The number of carbonyl (C=O) groups is 1. The number of phenols is 2. The normalized spacial score (nSPS) is 11.3. The van der Waals surface area contributed by atoms with Gasteiger partial charge in [0.2, 0.25) is 0 Å². The fourth-order valence-electron chi connectivity index (χ4n) is 1.28. The second-order valence-electron chi connectivity index (χ2n) is 3.60. The largest absolute Gasteiger partial charge is 0.507 e. The molecular weight excluding hydrogens is 184 g/mol. The fraction of sp³-hybridized carbons (Fsp3) is 0.300. The smallest absolute Gasteiger partial charge is 0.313 e. The van der Waals surface area contributed by atoms with E-state index >= 15 is 0 Å². The Bertz CT molecular complexity index is 348. The molecule has 76 valence electrons. The van der Waals surface area contributed by atoms with Gasteiger partial charge >= 0.3 is 5.97 Å². The zero-order valence-corrected chi connectivity index (χ0v) is 7.98. The predicted octanol–water partition coefficient (Wildman–Crippen LogP) is 1.46. The van der Waals surface area contributed by atoms with E-state index in [1.54, 1.807) is 0 Å². The van der Waals surface area contributed by atoms with E-state index in [0.29, 0.717) is 0 Å². The van der Waals surface area contributed by atoms with Crippen LogP contribution in [0, 0.1) is 0 Å². The van der Waals surface area contributed by atoms with Crippen molar-refractivity contribution in [1.82, 2.24) is 0 Å². The summed E-state index contributed by atoms with van der Waals surface area (Å²) in [5.74, 6) is -1.52. The minimum Gasteiger partial charge on any atom is -0.507 e. The van der Waals surface area contributed by atoms with Gasteiger partial charge in [0.05, 0.1) is 11.0 Å². The van der Waals surface area contributed by atoms with Crippen LogP contribution in [-0.2, 0) is 10.2 Å². The molecule has 1 aromatic carbocycles. The van der Waals surface area contributed by atoms with Gasteiger partial charge in [0, 0.05) is 0 Å². The summed E-state index contributed by atoms with van der Waals surface area (Å²) in [4.78, 5) is 10.9. The van der Waals surface area contributed by atoms with Gasteiger partial charge in [-0.25, -0.2) is 0 Å². The first-order chi connectivity index (χ1) is 6.37. The third kappa shape index (κ3) is 1.51. The molecule has 0 aliphatic heterocycles. The highest BCUT2D eigenvalue weighted by Crippen LogP contribution is 2.37. The number of carboxylic acids is 1. The highest BCUT2D eigenvalue weighted by molar-refractivity contribution is 5.82. The van der Waals surface area contributed by atoms with E-state index in [-0.39, 0.29) is 17.1 Å². The Balaban J connectivity index is 3.38. The number of aliphatic carboxylic acids is 1. The molecule has 0 saturated heterocycles. The van der Waals surface area contributed by atoms with E-state index in [1.165, 1.54) is 32.0 Å². The van der Waals surface area contributed by atoms with Crippen LogP contribution in [0.15, 0.2) is 18.2 Å². The average Bonchev–Trinajstić information content (AvgIpc) is 2.02. The van der Waals surface area contributed by atoms with Crippen LogP contribution in [-0.4, -0.2) is 21.3 Å². The average molecular weight is 196 g/mol. The first-order valence-electron chi connectivity index (χ1n) is 4.12. The van der Waals surface area contributed by atoms with Crippen molar-refractivity contribution < 1.29 is 20.1 Å². The molecule has 14 heavy (non-hydrogen) atoms. The van der Waals surface area contributed by atoms with Crippen molar-refractivity contribution in [2.45, 2.75) is 19.3 Å². The third-order valence-electron chi connectivity index (χ3n) is 2.18. The van der Waals surface area contributed by atoms with Crippen LogP contribution in [0.4, 0.5) is 0 Å². The molecule has 0 atom stereocenters. The minimum atomic E-state index is -1.31. The third-order valence-corrected chi connectivity index (χ3v) is 2.18. The second-order valence-corrected chi connectivity index (χ2v) is 3.60. The van der Waals surface area contributed by atoms with Crippen molar-refractivity contribution in [3.05, 3.63) is 23.8 Å². The molecule has 3 N–H and O–H groups in total. The molecule has 1 aromatic rings. The number of carboxylic acid groups (broad SMARTS) is 1. The van der Waals surface area contributed by atoms with Gasteiger partial charge in [0.25, 0.3) is 0 Å². The van der Waals surface area contributed by atoms with Gasteiger partial charge in [-0.15, -0.1) is 0 Å². The zero-order chi connectivity index (χ0) is 10.9. The highest BCUT2D eigenvalue weighted by Gasteiger charge is 2.34. The number of hydrogen-bond donors (Lipinski definition) is 3. The maximum absolute atomic E-state index is 10.9. The molecule has 0 saturated carbocycles. The molecule has 1 rings (SSSR count). The van der Waals surface area contributed by atoms with Gasteiger partial charge in [-0.2, -0.15) is 0 Å². The molecule has 0 aromatic heterocycles. The molecular formula is C10H12O4. The van der Waals surface area contributed by atoms with Crippen molar-refractivity contribution in [1.29, 1.82) is 0 Å². The second kappa shape index (κ2) is 3.21. The van der Waals surface area contributed by atoms with Crippen molar-refractivity contribution in [2.75, 3.05) is 0 Å². The maximum atomic E-state index is 10.9. The van der Waals surface area contributed by atoms with Crippen LogP contribution in [0.5, 0.6) is 11.5 Å². The number of benzene rings is 1. The molecule has 0 unspecified atom stereocenters. The van der Waals surface area contributed by atoms with Crippen molar-refractivity contribution in [3.63, 3.8) is 0 Å². The lowest BCUT2D eigenvalue weighted by Gasteiger charge is -2.21. The topological polar surface area (TPSA) is 77.8 Å². The fourth-order valence-corrected chi connectivity index (χ4v) is 1.28. The standard InChI is InChI=1S/C10H12O4/c1-10(2,9(13)14)8-6(11)4-3-5-7(8)12/h3-5,11-12H,1-2H3,(H,13,14). The SMILES string of the molecule is CC(C)(C(=O)O)c1c(O)cccc1O. The summed E-state index contributed by atoms with van der Waals surface area (Å²) in [6, 6.07) is 4.14. The Morgan fingerprint density at radius 2 is 1.64 bits per heavy atom. The Morgan fingerprint density at radius 1 is 1.21 bits per heavy atom. The zero-order valence-electron chi connectivity index (χ0n) is 7.98. The van der Waals surface area contributed by atoms with Gasteiger partial charge in [0.15, 0.2) is 0 Å². The molecule has 0 heterocycles. The van der Waals surface area contributed by atoms with Crippen LogP contribution in [0.3, 0.4) is 0 Å². The van der Waals surface area contributed by atoms with Crippen LogP contribution in [0.25, 0.3) is 0 Å². The Morgan fingerprint density at radius 3 is 2.00 bits per heavy atom. The van der Waals surface area contributed by atoms with Crippen molar-refractivity contribution in [3.8, 4) is 11.5 Å². The lowest BCUT2D eigenvalue weighted by atomic mass is 9.83. The first-order valence-corrected chi connectivity index (χ1v) is 4.12. The Labute approximate surface area is 81.4 Å². The van der Waals surface area contributed by atoms with Gasteiger partial charge in [-0.3, -0.25) is 4.79 Å². The van der Waals surface area contributed by atoms with E-state index in [4.69, 9.17) is 5.11 Å². The lowest BCUT2D eigenvalue weighted by molar-refractivity contribution is -0.142. The molecule has 4 nitrogen and oxygen atoms in total. The van der Waals surface area contributed by atoms with Crippen molar-refractivity contribution >= 4 is 5.97 Å². The maximum Gasteiger partial charge on any atom is 0.313 e. The molecule has 0 fully saturated rings. The van der Waals surface area contributed by atoms with E-state index in [0.717, 1.165) is 0 Å². The number of aromatic hydroxyl groups is 2. The van der Waals surface area contributed by atoms with E-state index in [9.17, 15) is 15.0 Å². The highest BCUT2D eigenvalue weighted by atomic mass is 16.4. The van der Waals surface area contributed by atoms with Gasteiger partial charge in [-0.1, -0.05) is 6.07 Å².